The van der Waals surface area contributed by atoms with Crippen molar-refractivity contribution >= 4 is 23.3 Å². The lowest BCUT2D eigenvalue weighted by Crippen LogP contribution is -2.35. The molecule has 5 heteroatoms. The third-order valence-corrected chi connectivity index (χ3v) is 3.05. The van der Waals surface area contributed by atoms with Crippen LogP contribution in [0, 0.1) is 0 Å². The minimum atomic E-state index is -0.423. The van der Waals surface area contributed by atoms with Crippen LogP contribution in [0.15, 0.2) is 18.2 Å². The van der Waals surface area contributed by atoms with E-state index in [1.54, 1.807) is 12.1 Å². The maximum Gasteiger partial charge on any atom is 0.325 e. The quantitative estimate of drug-likeness (QED) is 0.628. The number of hydrogen-bond donors (Lipinski definition) is 1. The molecule has 0 bridgehead atoms. The number of esters is 1. The number of ether oxygens (including phenoxy) is 1. The van der Waals surface area contributed by atoms with E-state index >= 15 is 0 Å². The monoisotopic (exact) mass is 248 g/mol. The normalized spacial score (nSPS) is 14.9. The van der Waals surface area contributed by atoms with Crippen molar-refractivity contribution in [2.75, 3.05) is 24.3 Å². The molecule has 1 aliphatic heterocycles. The number of rotatable bonds is 2. The van der Waals surface area contributed by atoms with E-state index in [4.69, 9.17) is 5.73 Å². The molecule has 0 saturated heterocycles. The average molecular weight is 248 g/mol. The largest absolute Gasteiger partial charge is 0.468 e. The van der Waals surface area contributed by atoms with E-state index in [-0.39, 0.29) is 12.5 Å². The molecule has 2 N–H and O–H groups in total. The first-order chi connectivity index (χ1) is 8.61. The van der Waals surface area contributed by atoms with E-state index in [0.717, 1.165) is 24.1 Å². The Bertz CT molecular complexity index is 485. The summed E-state index contributed by atoms with van der Waals surface area (Å²) in [5.41, 5.74) is 8.18. The first-order valence-corrected chi connectivity index (χ1v) is 5.87. The number of amides is 1. The number of carbonyl (C=O) groups is 2. The maximum atomic E-state index is 12.0. The van der Waals surface area contributed by atoms with Crippen LogP contribution in [0.2, 0.25) is 0 Å². The molecule has 0 unspecified atom stereocenters. The van der Waals surface area contributed by atoms with E-state index in [9.17, 15) is 9.59 Å². The van der Waals surface area contributed by atoms with Gasteiger partial charge in [-0.2, -0.15) is 0 Å². The zero-order valence-corrected chi connectivity index (χ0v) is 10.3. The van der Waals surface area contributed by atoms with Gasteiger partial charge in [0.25, 0.3) is 0 Å². The summed E-state index contributed by atoms with van der Waals surface area (Å²) in [6, 6.07) is 5.39. The summed E-state index contributed by atoms with van der Waals surface area (Å²) < 4.78 is 4.62. The number of nitrogen functional groups attached to an aromatic ring is 1. The SMILES string of the molecule is COC(=O)CN1C(=O)CCCc2cc(N)ccc21. The van der Waals surface area contributed by atoms with Gasteiger partial charge in [0.05, 0.1) is 7.11 Å². The smallest absolute Gasteiger partial charge is 0.325 e. The molecule has 0 radical (unpaired) electrons. The molecule has 0 aromatic heterocycles. The molecular weight excluding hydrogens is 232 g/mol. The number of carbonyl (C=O) groups excluding carboxylic acids is 2. The maximum absolute atomic E-state index is 12.0. The first-order valence-electron chi connectivity index (χ1n) is 5.87. The molecule has 0 saturated carbocycles. The van der Waals surface area contributed by atoms with Crippen molar-refractivity contribution in [3.63, 3.8) is 0 Å². The Balaban J connectivity index is 2.37. The number of aryl methyl sites for hydroxylation is 1. The van der Waals surface area contributed by atoms with E-state index in [1.165, 1.54) is 12.0 Å². The highest BCUT2D eigenvalue weighted by atomic mass is 16.5. The predicted molar refractivity (Wildman–Crippen MR) is 68.2 cm³/mol. The van der Waals surface area contributed by atoms with Gasteiger partial charge < -0.3 is 15.4 Å². The van der Waals surface area contributed by atoms with Crippen molar-refractivity contribution in [2.45, 2.75) is 19.3 Å². The molecule has 0 spiro atoms. The summed E-state index contributed by atoms with van der Waals surface area (Å²) in [5.74, 6) is -0.475. The summed E-state index contributed by atoms with van der Waals surface area (Å²) in [5, 5.41) is 0. The van der Waals surface area contributed by atoms with E-state index in [0.29, 0.717) is 12.1 Å². The molecule has 1 aliphatic rings. The van der Waals surface area contributed by atoms with Gasteiger partial charge in [-0.15, -0.1) is 0 Å². The zero-order valence-electron chi connectivity index (χ0n) is 10.3. The van der Waals surface area contributed by atoms with Crippen molar-refractivity contribution in [1.29, 1.82) is 0 Å². The van der Waals surface area contributed by atoms with Gasteiger partial charge in [-0.05, 0) is 36.6 Å². The number of nitrogens with zero attached hydrogens (tertiary/aromatic N) is 1. The molecule has 0 atom stereocenters. The van der Waals surface area contributed by atoms with Crippen LogP contribution < -0.4 is 10.6 Å². The summed E-state index contributed by atoms with van der Waals surface area (Å²) in [6.07, 6.45) is 2.00. The number of anilines is 2. The highest BCUT2D eigenvalue weighted by Crippen LogP contribution is 2.28. The van der Waals surface area contributed by atoms with Gasteiger partial charge >= 0.3 is 5.97 Å². The van der Waals surface area contributed by atoms with Crippen molar-refractivity contribution in [2.24, 2.45) is 0 Å². The van der Waals surface area contributed by atoms with Gasteiger partial charge in [-0.25, -0.2) is 0 Å². The van der Waals surface area contributed by atoms with Crippen LogP contribution in [0.3, 0.4) is 0 Å². The minimum Gasteiger partial charge on any atom is -0.468 e. The summed E-state index contributed by atoms with van der Waals surface area (Å²) in [7, 11) is 1.31. The molecule has 1 heterocycles. The second-order valence-electron chi connectivity index (χ2n) is 4.30. The zero-order chi connectivity index (χ0) is 13.1. The lowest BCUT2D eigenvalue weighted by atomic mass is 10.1. The highest BCUT2D eigenvalue weighted by molar-refractivity contribution is 5.99. The summed E-state index contributed by atoms with van der Waals surface area (Å²) >= 11 is 0. The average Bonchev–Trinajstić information content (AvgIpc) is 2.49. The van der Waals surface area contributed by atoms with Gasteiger partial charge in [0.15, 0.2) is 0 Å². The van der Waals surface area contributed by atoms with Crippen LogP contribution in [0.25, 0.3) is 0 Å². The standard InChI is InChI=1S/C13H16N2O3/c1-18-13(17)8-15-11-6-5-10(14)7-9(11)3-2-4-12(15)16/h5-7H,2-4,8,14H2,1H3. The highest BCUT2D eigenvalue weighted by Gasteiger charge is 2.24. The Hall–Kier alpha value is -2.04. The Morgan fingerprint density at radius 1 is 1.44 bits per heavy atom. The molecule has 5 nitrogen and oxygen atoms in total. The van der Waals surface area contributed by atoms with Gasteiger partial charge in [0, 0.05) is 17.8 Å². The number of hydrogen-bond acceptors (Lipinski definition) is 4. The summed E-state index contributed by atoms with van der Waals surface area (Å²) in [4.78, 5) is 24.9. The fraction of sp³-hybridized carbons (Fsp3) is 0.385. The molecule has 1 aromatic carbocycles. The molecular formula is C13H16N2O3. The van der Waals surface area contributed by atoms with Crippen molar-refractivity contribution in [3.05, 3.63) is 23.8 Å². The van der Waals surface area contributed by atoms with E-state index in [1.807, 2.05) is 6.07 Å². The molecule has 1 amide bonds. The van der Waals surface area contributed by atoms with E-state index in [2.05, 4.69) is 4.74 Å². The third kappa shape index (κ3) is 2.45. The molecule has 2 rings (SSSR count). The van der Waals surface area contributed by atoms with Crippen LogP contribution in [0.4, 0.5) is 11.4 Å². The fourth-order valence-corrected chi connectivity index (χ4v) is 2.14. The first kappa shape index (κ1) is 12.4. The van der Waals surface area contributed by atoms with Crippen molar-refractivity contribution < 1.29 is 14.3 Å². The van der Waals surface area contributed by atoms with Crippen LogP contribution in [-0.4, -0.2) is 25.5 Å². The lowest BCUT2D eigenvalue weighted by Gasteiger charge is -2.21. The number of fused-ring (bicyclic) bond motifs is 1. The molecule has 0 aliphatic carbocycles. The van der Waals surface area contributed by atoms with Crippen LogP contribution >= 0.6 is 0 Å². The lowest BCUT2D eigenvalue weighted by molar-refractivity contribution is -0.140. The molecule has 0 fully saturated rings. The second kappa shape index (κ2) is 5.08. The van der Waals surface area contributed by atoms with Crippen molar-refractivity contribution in [1.82, 2.24) is 0 Å². The second-order valence-corrected chi connectivity index (χ2v) is 4.30. The molecule has 96 valence electrons. The molecule has 18 heavy (non-hydrogen) atoms. The van der Waals surface area contributed by atoms with Gasteiger partial charge in [0.1, 0.15) is 6.54 Å². The third-order valence-electron chi connectivity index (χ3n) is 3.05. The van der Waals surface area contributed by atoms with Gasteiger partial charge in [-0.3, -0.25) is 9.59 Å². The van der Waals surface area contributed by atoms with Crippen molar-refractivity contribution in [3.8, 4) is 0 Å². The Morgan fingerprint density at radius 3 is 2.94 bits per heavy atom. The van der Waals surface area contributed by atoms with Crippen LogP contribution in [-0.2, 0) is 20.7 Å². The molecule has 1 aromatic rings. The van der Waals surface area contributed by atoms with Crippen LogP contribution in [0.1, 0.15) is 18.4 Å². The van der Waals surface area contributed by atoms with Gasteiger partial charge in [-0.1, -0.05) is 0 Å². The van der Waals surface area contributed by atoms with E-state index < -0.39 is 5.97 Å². The number of benzene rings is 1. The number of nitrogens with two attached hydrogens (primary N) is 1. The predicted octanol–water partition coefficient (Wildman–Crippen LogP) is 1.11. The minimum absolute atomic E-state index is 0.0494. The van der Waals surface area contributed by atoms with Gasteiger partial charge in [0.2, 0.25) is 5.91 Å². The fourth-order valence-electron chi connectivity index (χ4n) is 2.14. The topological polar surface area (TPSA) is 72.6 Å². The van der Waals surface area contributed by atoms with Crippen LogP contribution in [0.5, 0.6) is 0 Å². The Morgan fingerprint density at radius 2 is 2.22 bits per heavy atom. The summed E-state index contributed by atoms with van der Waals surface area (Å²) in [6.45, 7) is -0.0494. The Kier molecular flexibility index (Phi) is 3.50. The Labute approximate surface area is 106 Å². The number of methoxy groups -OCH3 is 1.